The molecule has 0 aliphatic carbocycles. The summed E-state index contributed by atoms with van der Waals surface area (Å²) in [6.45, 7) is 2.03. The van der Waals surface area contributed by atoms with Crippen LogP contribution in [0.5, 0.6) is 5.75 Å². The van der Waals surface area contributed by atoms with Gasteiger partial charge in [-0.3, -0.25) is 4.79 Å². The molecule has 0 saturated carbocycles. The van der Waals surface area contributed by atoms with Gasteiger partial charge in [0.15, 0.2) is 6.29 Å². The van der Waals surface area contributed by atoms with E-state index in [9.17, 15) is 9.90 Å². The van der Waals surface area contributed by atoms with Crippen LogP contribution in [0.2, 0.25) is 0 Å². The van der Waals surface area contributed by atoms with Gasteiger partial charge >= 0.3 is 0 Å². The van der Waals surface area contributed by atoms with Crippen LogP contribution in [0.1, 0.15) is 15.9 Å². The van der Waals surface area contributed by atoms with Gasteiger partial charge in [0.25, 0.3) is 0 Å². The summed E-state index contributed by atoms with van der Waals surface area (Å²) in [6.07, 6.45) is 0.658. The van der Waals surface area contributed by atoms with Crippen LogP contribution in [0.15, 0.2) is 30.3 Å². The van der Waals surface area contributed by atoms with E-state index in [0.29, 0.717) is 17.4 Å². The lowest BCUT2D eigenvalue weighted by atomic mass is 10.1. The third-order valence-corrected chi connectivity index (χ3v) is 3.06. The Kier molecular flexibility index (Phi) is 1.95. The number of aldehydes is 1. The molecule has 0 aliphatic rings. The minimum Gasteiger partial charge on any atom is -0.505 e. The number of phenolic OH excluding ortho intramolecular Hbond substituents is 1. The maximum Gasteiger partial charge on any atom is 0.153 e. The van der Waals surface area contributed by atoms with E-state index < -0.39 is 0 Å². The van der Waals surface area contributed by atoms with E-state index in [4.69, 9.17) is 0 Å². The number of phenols is 1. The van der Waals surface area contributed by atoms with Gasteiger partial charge in [0.05, 0.1) is 11.1 Å². The van der Waals surface area contributed by atoms with E-state index in [1.54, 1.807) is 6.07 Å². The minimum atomic E-state index is 0.0198. The number of aryl methyl sites for hydroxylation is 1. The number of benzene rings is 2. The van der Waals surface area contributed by atoms with Gasteiger partial charge in [-0.2, -0.15) is 0 Å². The fourth-order valence-electron chi connectivity index (χ4n) is 2.18. The van der Waals surface area contributed by atoms with Crippen LogP contribution in [0.3, 0.4) is 0 Å². The topological polar surface area (TPSA) is 53.1 Å². The third-order valence-electron chi connectivity index (χ3n) is 3.06. The molecule has 3 heteroatoms. The molecule has 0 radical (unpaired) electrons. The summed E-state index contributed by atoms with van der Waals surface area (Å²) in [4.78, 5) is 13.9. The van der Waals surface area contributed by atoms with Gasteiger partial charge in [-0.25, -0.2) is 0 Å². The number of carbonyl (C=O) groups excluding carboxylic acids is 1. The molecule has 1 aromatic heterocycles. The van der Waals surface area contributed by atoms with Gasteiger partial charge in [0.2, 0.25) is 0 Å². The molecular formula is C14H11NO2. The van der Waals surface area contributed by atoms with Gasteiger partial charge in [0.1, 0.15) is 5.75 Å². The smallest absolute Gasteiger partial charge is 0.153 e. The second-order valence-electron chi connectivity index (χ2n) is 4.22. The number of hydrogen-bond acceptors (Lipinski definition) is 2. The number of H-pyrrole nitrogens is 1. The van der Waals surface area contributed by atoms with E-state index in [0.717, 1.165) is 21.9 Å². The first-order valence-corrected chi connectivity index (χ1v) is 5.40. The molecular weight excluding hydrogens is 214 g/mol. The Morgan fingerprint density at radius 3 is 2.76 bits per heavy atom. The quantitative estimate of drug-likeness (QED) is 0.625. The molecule has 0 bridgehead atoms. The molecule has 3 rings (SSSR count). The maximum absolute atomic E-state index is 10.8. The molecule has 0 fully saturated rings. The molecule has 2 N–H and O–H groups in total. The molecule has 0 aliphatic heterocycles. The zero-order valence-electron chi connectivity index (χ0n) is 9.32. The Bertz CT molecular complexity index is 741. The summed E-state index contributed by atoms with van der Waals surface area (Å²) in [5.41, 5.74) is 3.05. The predicted octanol–water partition coefficient (Wildman–Crippen LogP) is 3.15. The van der Waals surface area contributed by atoms with Gasteiger partial charge in [-0.1, -0.05) is 17.7 Å². The normalized spacial score (nSPS) is 11.1. The summed E-state index contributed by atoms with van der Waals surface area (Å²) < 4.78 is 0. The van der Waals surface area contributed by atoms with E-state index in [2.05, 4.69) is 11.1 Å². The van der Waals surface area contributed by atoms with Crippen molar-refractivity contribution in [2.45, 2.75) is 6.92 Å². The van der Waals surface area contributed by atoms with E-state index >= 15 is 0 Å². The highest BCUT2D eigenvalue weighted by Crippen LogP contribution is 2.33. The van der Waals surface area contributed by atoms with Crippen molar-refractivity contribution in [2.24, 2.45) is 0 Å². The molecule has 3 nitrogen and oxygen atoms in total. The molecule has 0 unspecified atom stereocenters. The molecule has 0 amide bonds. The molecule has 0 spiro atoms. The maximum atomic E-state index is 10.8. The van der Waals surface area contributed by atoms with Crippen molar-refractivity contribution in [1.82, 2.24) is 4.98 Å². The van der Waals surface area contributed by atoms with Crippen molar-refractivity contribution in [3.05, 3.63) is 41.5 Å². The number of aromatic nitrogens is 1. The molecule has 0 saturated heterocycles. The summed E-state index contributed by atoms with van der Waals surface area (Å²) in [7, 11) is 0. The largest absolute Gasteiger partial charge is 0.505 e. The highest BCUT2D eigenvalue weighted by Gasteiger charge is 2.10. The van der Waals surface area contributed by atoms with Crippen molar-refractivity contribution in [3.8, 4) is 5.75 Å². The third kappa shape index (κ3) is 1.32. The van der Waals surface area contributed by atoms with Gasteiger partial charge < -0.3 is 10.1 Å². The Hall–Kier alpha value is -2.29. The lowest BCUT2D eigenvalue weighted by Crippen LogP contribution is -1.81. The fraction of sp³-hybridized carbons (Fsp3) is 0.0714. The molecule has 3 aromatic rings. The average Bonchev–Trinajstić information content (AvgIpc) is 2.69. The Balaban J connectivity index is 2.51. The average molecular weight is 225 g/mol. The molecule has 17 heavy (non-hydrogen) atoms. The van der Waals surface area contributed by atoms with Crippen LogP contribution >= 0.6 is 0 Å². The lowest BCUT2D eigenvalue weighted by molar-refractivity contribution is 0.112. The van der Waals surface area contributed by atoms with Crippen LogP contribution in [-0.4, -0.2) is 16.4 Å². The van der Waals surface area contributed by atoms with Crippen LogP contribution in [-0.2, 0) is 0 Å². The van der Waals surface area contributed by atoms with Gasteiger partial charge in [0, 0.05) is 16.3 Å². The molecule has 0 atom stereocenters. The molecule has 84 valence electrons. The number of nitrogens with one attached hydrogen (secondary N) is 1. The number of hydrogen-bond donors (Lipinski definition) is 2. The van der Waals surface area contributed by atoms with E-state index in [-0.39, 0.29) is 5.75 Å². The van der Waals surface area contributed by atoms with Crippen molar-refractivity contribution >= 4 is 28.1 Å². The van der Waals surface area contributed by atoms with Gasteiger partial charge in [-0.15, -0.1) is 0 Å². The molecule has 2 aromatic carbocycles. The summed E-state index contributed by atoms with van der Waals surface area (Å²) in [5.74, 6) is 0.0198. The first-order chi connectivity index (χ1) is 8.20. The van der Waals surface area contributed by atoms with Crippen molar-refractivity contribution in [3.63, 3.8) is 0 Å². The zero-order chi connectivity index (χ0) is 12.0. The van der Waals surface area contributed by atoms with Gasteiger partial charge in [-0.05, 0) is 25.1 Å². The highest BCUT2D eigenvalue weighted by atomic mass is 16.3. The number of fused-ring (bicyclic) bond motifs is 3. The summed E-state index contributed by atoms with van der Waals surface area (Å²) in [5, 5.41) is 12.0. The SMILES string of the molecule is Cc1ccc2[nH]c3c(O)c(C=O)ccc3c2c1. The molecule has 1 heterocycles. The number of carbonyl (C=O) groups is 1. The van der Waals surface area contributed by atoms with Crippen LogP contribution < -0.4 is 0 Å². The second-order valence-corrected chi connectivity index (χ2v) is 4.22. The first kappa shape index (κ1) is 9.90. The second kappa shape index (κ2) is 3.35. The number of aromatic amines is 1. The predicted molar refractivity (Wildman–Crippen MR) is 67.6 cm³/mol. The van der Waals surface area contributed by atoms with E-state index in [1.807, 2.05) is 25.1 Å². The van der Waals surface area contributed by atoms with Crippen molar-refractivity contribution in [2.75, 3.05) is 0 Å². The Morgan fingerprint density at radius 1 is 1.18 bits per heavy atom. The standard InChI is InChI=1S/C14H11NO2/c1-8-2-5-12-11(6-8)10-4-3-9(7-16)14(17)13(10)15-12/h2-7,15,17H,1H3. The van der Waals surface area contributed by atoms with Crippen molar-refractivity contribution < 1.29 is 9.90 Å². The van der Waals surface area contributed by atoms with Crippen LogP contribution in [0.4, 0.5) is 0 Å². The summed E-state index contributed by atoms with van der Waals surface area (Å²) in [6, 6.07) is 9.55. The number of rotatable bonds is 1. The minimum absolute atomic E-state index is 0.0198. The van der Waals surface area contributed by atoms with E-state index in [1.165, 1.54) is 0 Å². The highest BCUT2D eigenvalue weighted by molar-refractivity contribution is 6.11. The fourth-order valence-corrected chi connectivity index (χ4v) is 2.18. The Morgan fingerprint density at radius 2 is 2.00 bits per heavy atom. The van der Waals surface area contributed by atoms with Crippen LogP contribution in [0, 0.1) is 6.92 Å². The lowest BCUT2D eigenvalue weighted by Gasteiger charge is -1.98. The zero-order valence-corrected chi connectivity index (χ0v) is 9.32. The first-order valence-electron chi connectivity index (χ1n) is 5.40. The number of aromatic hydroxyl groups is 1. The Labute approximate surface area is 97.7 Å². The monoisotopic (exact) mass is 225 g/mol. The van der Waals surface area contributed by atoms with Crippen molar-refractivity contribution in [1.29, 1.82) is 0 Å². The summed E-state index contributed by atoms with van der Waals surface area (Å²) >= 11 is 0. The van der Waals surface area contributed by atoms with Crippen LogP contribution in [0.25, 0.3) is 21.8 Å².